The number of nitrogens with two attached hydrogens (primary N) is 1. The monoisotopic (exact) mass is 431 g/mol. The van der Waals surface area contributed by atoms with Crippen molar-refractivity contribution in [3.63, 3.8) is 0 Å². The number of rotatable bonds is 8. The fourth-order valence-electron chi connectivity index (χ4n) is 2.58. The van der Waals surface area contributed by atoms with Crippen molar-refractivity contribution in [3.8, 4) is 22.4 Å². The molecule has 31 heavy (non-hydrogen) atoms. The average Bonchev–Trinajstić information content (AvgIpc) is 3.26. The normalized spacial score (nSPS) is 11.3. The summed E-state index contributed by atoms with van der Waals surface area (Å²) in [5, 5.41) is 7.44. The third kappa shape index (κ3) is 6.35. The van der Waals surface area contributed by atoms with Crippen LogP contribution in [0.4, 0.5) is 5.13 Å². The Balaban J connectivity index is 1.59. The Kier molecular flexibility index (Phi) is 7.66. The first-order valence-corrected chi connectivity index (χ1v) is 10.3. The van der Waals surface area contributed by atoms with Gasteiger partial charge in [0.15, 0.2) is 5.13 Å². The number of hydrogen-bond acceptors (Lipinski definition) is 7. The van der Waals surface area contributed by atoms with Gasteiger partial charge >= 0.3 is 0 Å². The summed E-state index contributed by atoms with van der Waals surface area (Å²) in [5.74, 6) is -0.950. The molecule has 1 radical (unpaired) electrons. The van der Waals surface area contributed by atoms with E-state index in [4.69, 9.17) is 5.73 Å². The first-order chi connectivity index (χ1) is 15.1. The lowest BCUT2D eigenvalue weighted by Gasteiger charge is -2.05. The van der Waals surface area contributed by atoms with E-state index in [0.717, 1.165) is 22.4 Å². The zero-order valence-corrected chi connectivity index (χ0v) is 17.6. The van der Waals surface area contributed by atoms with Crippen LogP contribution in [-0.4, -0.2) is 42.0 Å². The molecule has 1 aromatic carbocycles. The average molecular weight is 431 g/mol. The smallest absolute Gasteiger partial charge is 0.271 e. The van der Waals surface area contributed by atoms with Crippen molar-refractivity contribution in [3.05, 3.63) is 65.9 Å². The molecule has 2 heterocycles. The summed E-state index contributed by atoms with van der Waals surface area (Å²) in [7, 11) is 1.56. The molecule has 0 saturated heterocycles. The molecule has 155 valence electrons. The van der Waals surface area contributed by atoms with Crippen molar-refractivity contribution in [1.29, 1.82) is 0 Å². The second kappa shape index (κ2) is 10.8. The number of benzene rings is 1. The molecule has 0 aliphatic carbocycles. The van der Waals surface area contributed by atoms with E-state index in [1.807, 2.05) is 41.8 Å². The van der Waals surface area contributed by atoms with Gasteiger partial charge in [-0.2, -0.15) is 0 Å². The van der Waals surface area contributed by atoms with Crippen molar-refractivity contribution >= 4 is 41.9 Å². The topological polar surface area (TPSA) is 122 Å². The van der Waals surface area contributed by atoms with Gasteiger partial charge < -0.3 is 21.3 Å². The Morgan fingerprint density at radius 3 is 2.74 bits per heavy atom. The molecule has 0 atom stereocenters. The predicted molar refractivity (Wildman–Crippen MR) is 125 cm³/mol. The van der Waals surface area contributed by atoms with Gasteiger partial charge in [-0.25, -0.2) is 4.98 Å². The van der Waals surface area contributed by atoms with Gasteiger partial charge in [0.2, 0.25) is 5.91 Å². The highest BCUT2D eigenvalue weighted by molar-refractivity contribution is 7.14. The zero-order valence-electron chi connectivity index (χ0n) is 16.8. The van der Waals surface area contributed by atoms with Crippen LogP contribution in [0, 0.1) is 0 Å². The molecule has 0 bridgehead atoms. The van der Waals surface area contributed by atoms with Gasteiger partial charge in [-0.1, -0.05) is 25.0 Å². The Bertz CT molecular complexity index is 1110. The van der Waals surface area contributed by atoms with Crippen LogP contribution in [-0.2, 0) is 9.59 Å². The van der Waals surface area contributed by atoms with Crippen LogP contribution < -0.4 is 16.4 Å². The summed E-state index contributed by atoms with van der Waals surface area (Å²) in [6, 6.07) is 11.8. The van der Waals surface area contributed by atoms with Crippen LogP contribution in [0.25, 0.3) is 22.4 Å². The van der Waals surface area contributed by atoms with Crippen molar-refractivity contribution in [2.75, 3.05) is 11.9 Å². The maximum Gasteiger partial charge on any atom is 0.271 e. The molecule has 3 rings (SSSR count). The van der Waals surface area contributed by atoms with E-state index in [2.05, 4.69) is 25.5 Å². The lowest BCUT2D eigenvalue weighted by atomic mass is 10.0. The Morgan fingerprint density at radius 1 is 1.19 bits per heavy atom. The second-order valence-electron chi connectivity index (χ2n) is 6.26. The minimum Gasteiger partial charge on any atom is -0.394 e. The first kappa shape index (κ1) is 21.9. The standard InChI is InChI=1S/C21H20BN6O2S/c1-22-26-10-7-17(23)20(30)25-12-19(29)28-21-27-18(13-31-21)16-4-2-3-15(11-16)14-5-8-24-9-6-14/h2-11,13H,12,23H2,1H3,(H,25,30)(H,27,28,29)/b17-7-,26-10+. The van der Waals surface area contributed by atoms with Crippen LogP contribution in [0.3, 0.4) is 0 Å². The molecule has 0 spiro atoms. The fourth-order valence-corrected chi connectivity index (χ4v) is 3.31. The van der Waals surface area contributed by atoms with Crippen molar-refractivity contribution in [2.45, 2.75) is 6.82 Å². The molecular formula is C21H20BN6O2S. The molecule has 3 aromatic rings. The number of allylic oxidation sites excluding steroid dienone is 1. The van der Waals surface area contributed by atoms with E-state index in [1.165, 1.54) is 23.6 Å². The minimum absolute atomic E-state index is 0.0380. The lowest BCUT2D eigenvalue weighted by Crippen LogP contribution is -2.35. The number of nitrogens with one attached hydrogen (secondary N) is 2. The largest absolute Gasteiger partial charge is 0.394 e. The Labute approximate surface area is 184 Å². The van der Waals surface area contributed by atoms with E-state index in [-0.39, 0.29) is 12.2 Å². The number of hydrogen-bond donors (Lipinski definition) is 3. The molecule has 4 N–H and O–H groups in total. The van der Waals surface area contributed by atoms with Gasteiger partial charge in [-0.15, -0.1) is 11.3 Å². The van der Waals surface area contributed by atoms with Gasteiger partial charge in [0.25, 0.3) is 13.3 Å². The Hall–Kier alpha value is -3.79. The number of carbonyl (C=O) groups excluding carboxylic acids is 2. The van der Waals surface area contributed by atoms with E-state index >= 15 is 0 Å². The number of anilines is 1. The molecule has 2 amide bonds. The van der Waals surface area contributed by atoms with Crippen LogP contribution in [0.5, 0.6) is 0 Å². The quantitative estimate of drug-likeness (QED) is 0.287. The number of aromatic nitrogens is 2. The van der Waals surface area contributed by atoms with Gasteiger partial charge in [0.05, 0.1) is 17.9 Å². The molecule has 0 unspecified atom stereocenters. The highest BCUT2D eigenvalue weighted by Gasteiger charge is 2.11. The number of carbonyl (C=O) groups is 2. The molecular weight excluding hydrogens is 411 g/mol. The van der Waals surface area contributed by atoms with E-state index in [9.17, 15) is 9.59 Å². The number of pyridine rings is 1. The van der Waals surface area contributed by atoms with Crippen molar-refractivity contribution in [1.82, 2.24) is 15.3 Å². The van der Waals surface area contributed by atoms with E-state index in [0.29, 0.717) is 5.13 Å². The maximum atomic E-state index is 12.1. The summed E-state index contributed by atoms with van der Waals surface area (Å²) in [5.41, 5.74) is 9.37. The molecule has 10 heteroatoms. The zero-order chi connectivity index (χ0) is 22.1. The molecule has 8 nitrogen and oxygen atoms in total. The third-order valence-electron chi connectivity index (χ3n) is 4.08. The minimum atomic E-state index is -0.551. The highest BCUT2D eigenvalue weighted by Crippen LogP contribution is 2.28. The van der Waals surface area contributed by atoms with E-state index < -0.39 is 11.8 Å². The van der Waals surface area contributed by atoms with Crippen LogP contribution >= 0.6 is 11.3 Å². The van der Waals surface area contributed by atoms with Crippen LogP contribution in [0.2, 0.25) is 6.82 Å². The summed E-state index contributed by atoms with van der Waals surface area (Å²) in [4.78, 5) is 36.3. The highest BCUT2D eigenvalue weighted by atomic mass is 32.1. The van der Waals surface area contributed by atoms with Crippen LogP contribution in [0.15, 0.2) is 70.8 Å². The van der Waals surface area contributed by atoms with Gasteiger partial charge in [0, 0.05) is 29.6 Å². The van der Waals surface area contributed by atoms with Gasteiger partial charge in [0.1, 0.15) is 0 Å². The molecule has 0 saturated carbocycles. The summed E-state index contributed by atoms with van der Waals surface area (Å²) in [6.07, 6.45) is 6.26. The molecule has 2 aromatic heterocycles. The predicted octanol–water partition coefficient (Wildman–Crippen LogP) is 2.51. The molecule has 0 fully saturated rings. The fraction of sp³-hybridized carbons (Fsp3) is 0.0952. The number of thiazole rings is 1. The van der Waals surface area contributed by atoms with Crippen molar-refractivity contribution < 1.29 is 9.59 Å². The van der Waals surface area contributed by atoms with E-state index in [1.54, 1.807) is 26.6 Å². The van der Waals surface area contributed by atoms with Crippen molar-refractivity contribution in [2.24, 2.45) is 10.6 Å². The third-order valence-corrected chi connectivity index (χ3v) is 4.84. The maximum absolute atomic E-state index is 12.1. The second-order valence-corrected chi connectivity index (χ2v) is 7.12. The number of amides is 2. The first-order valence-electron chi connectivity index (χ1n) is 9.38. The number of nitrogens with zero attached hydrogens (tertiary/aromatic N) is 3. The van der Waals surface area contributed by atoms with Crippen LogP contribution in [0.1, 0.15) is 0 Å². The lowest BCUT2D eigenvalue weighted by molar-refractivity contribution is -0.121. The molecule has 0 aliphatic rings. The van der Waals surface area contributed by atoms with Gasteiger partial charge in [-0.05, 0) is 35.4 Å². The Morgan fingerprint density at radius 2 is 1.97 bits per heavy atom. The summed E-state index contributed by atoms with van der Waals surface area (Å²) < 4.78 is 0. The SMILES string of the molecule is C[B]/N=C/C=C(\N)C(=O)NCC(=O)Nc1nc(-c2cccc(-c3ccncc3)c2)cs1. The van der Waals surface area contributed by atoms with Gasteiger partial charge in [-0.3, -0.25) is 14.6 Å². The summed E-state index contributed by atoms with van der Waals surface area (Å²) >= 11 is 1.31. The molecule has 0 aliphatic heterocycles. The summed E-state index contributed by atoms with van der Waals surface area (Å²) in [6.45, 7) is 1.52.